The van der Waals surface area contributed by atoms with Crippen LogP contribution in [0.25, 0.3) is 0 Å². The number of carbonyl (C=O) groups excluding carboxylic acids is 2. The number of hydrogen-bond donors (Lipinski definition) is 1. The summed E-state index contributed by atoms with van der Waals surface area (Å²) >= 11 is 0. The average Bonchev–Trinajstić information content (AvgIpc) is 3.30. The van der Waals surface area contributed by atoms with Crippen LogP contribution in [0.15, 0.2) is 60.8 Å². The third-order valence-electron chi connectivity index (χ3n) is 12.0. The zero-order valence-corrected chi connectivity index (χ0v) is 45.7. The van der Waals surface area contributed by atoms with Crippen molar-refractivity contribution in [1.82, 2.24) is 0 Å². The fourth-order valence-electron chi connectivity index (χ4n) is 7.64. The summed E-state index contributed by atoms with van der Waals surface area (Å²) < 4.78 is 34.5. The minimum Gasteiger partial charge on any atom is -0.462 e. The summed E-state index contributed by atoms with van der Waals surface area (Å²) in [5, 5.41) is 0. The Morgan fingerprint density at radius 3 is 1.21 bits per heavy atom. The number of esters is 2. The van der Waals surface area contributed by atoms with Gasteiger partial charge in [0.15, 0.2) is 6.10 Å². The first-order chi connectivity index (χ1) is 33.0. The summed E-state index contributed by atoms with van der Waals surface area (Å²) in [5.74, 6) is -0.809. The molecule has 0 aromatic carbocycles. The van der Waals surface area contributed by atoms with Crippen LogP contribution in [0.5, 0.6) is 0 Å². The molecule has 0 radical (unpaired) electrons. The molecule has 0 aliphatic carbocycles. The second-order valence-electron chi connectivity index (χ2n) is 20.0. The van der Waals surface area contributed by atoms with E-state index in [-0.39, 0.29) is 32.0 Å². The number of allylic oxidation sites excluding steroid dienone is 10. The lowest BCUT2D eigenvalue weighted by molar-refractivity contribution is -0.870. The van der Waals surface area contributed by atoms with Crippen molar-refractivity contribution < 1.29 is 42.1 Å². The largest absolute Gasteiger partial charge is 0.472 e. The van der Waals surface area contributed by atoms with Gasteiger partial charge >= 0.3 is 19.8 Å². The van der Waals surface area contributed by atoms with Crippen LogP contribution in [0.4, 0.5) is 0 Å². The van der Waals surface area contributed by atoms with Crippen molar-refractivity contribution in [3.8, 4) is 0 Å². The van der Waals surface area contributed by atoms with Crippen LogP contribution in [0, 0.1) is 0 Å². The van der Waals surface area contributed by atoms with Gasteiger partial charge in [0, 0.05) is 12.8 Å². The molecule has 0 aromatic rings. The molecular formula is C58H107NO8P+. The van der Waals surface area contributed by atoms with Gasteiger partial charge in [-0.3, -0.25) is 18.6 Å². The third kappa shape index (κ3) is 53.1. The van der Waals surface area contributed by atoms with E-state index in [1.165, 1.54) is 135 Å². The number of phosphoric ester groups is 1. The minimum atomic E-state index is -4.39. The average molecular weight is 977 g/mol. The standard InChI is InChI=1S/C58H106NO8P/c1-6-8-10-12-14-16-18-20-22-24-26-27-28-29-30-31-33-34-36-38-40-42-44-46-48-50-57(60)64-54-56(55-66-68(62,63)65-53-52-59(3,4)5)67-58(61)51-49-47-45-43-41-39-37-35-32-25-23-21-19-17-15-13-11-9-7-2/h15,17-18,20-21,23-24,26,32,35,56H,6-14,16,19,22,25,27-31,33-34,36-55H2,1-5H3/p+1/b17-15-,20-18-,23-21-,26-24-,35-32-. The van der Waals surface area contributed by atoms with Crippen molar-refractivity contribution in [1.29, 1.82) is 0 Å². The Balaban J connectivity index is 4.19. The van der Waals surface area contributed by atoms with Crippen LogP contribution < -0.4 is 0 Å². The summed E-state index contributed by atoms with van der Waals surface area (Å²) in [6.07, 6.45) is 62.8. The van der Waals surface area contributed by atoms with Crippen molar-refractivity contribution in [2.75, 3.05) is 47.5 Å². The Labute approximate surface area is 419 Å². The highest BCUT2D eigenvalue weighted by atomic mass is 31.2. The molecule has 396 valence electrons. The van der Waals surface area contributed by atoms with Crippen LogP contribution in [-0.4, -0.2) is 74.9 Å². The van der Waals surface area contributed by atoms with Crippen LogP contribution in [0.3, 0.4) is 0 Å². The van der Waals surface area contributed by atoms with Gasteiger partial charge in [-0.25, -0.2) is 4.57 Å². The Morgan fingerprint density at radius 1 is 0.456 bits per heavy atom. The van der Waals surface area contributed by atoms with E-state index in [2.05, 4.69) is 74.6 Å². The molecule has 2 atom stereocenters. The number of quaternary nitrogens is 1. The van der Waals surface area contributed by atoms with E-state index in [0.717, 1.165) is 77.0 Å². The van der Waals surface area contributed by atoms with Crippen molar-refractivity contribution in [3.63, 3.8) is 0 Å². The van der Waals surface area contributed by atoms with Gasteiger partial charge in [-0.05, 0) is 83.5 Å². The Kier molecular flexibility index (Phi) is 48.0. The maximum Gasteiger partial charge on any atom is 0.472 e. The zero-order valence-electron chi connectivity index (χ0n) is 44.8. The number of ether oxygens (including phenoxy) is 2. The summed E-state index contributed by atoms with van der Waals surface area (Å²) in [6, 6.07) is 0. The van der Waals surface area contributed by atoms with Gasteiger partial charge in [-0.1, -0.05) is 209 Å². The summed E-state index contributed by atoms with van der Waals surface area (Å²) in [4.78, 5) is 35.6. The minimum absolute atomic E-state index is 0.0272. The molecule has 0 aromatic heterocycles. The first kappa shape index (κ1) is 65.7. The molecule has 0 saturated heterocycles. The quantitative estimate of drug-likeness (QED) is 0.0211. The van der Waals surface area contributed by atoms with Gasteiger partial charge in [0.25, 0.3) is 0 Å². The first-order valence-corrected chi connectivity index (χ1v) is 29.5. The van der Waals surface area contributed by atoms with Crippen LogP contribution in [0.2, 0.25) is 0 Å². The van der Waals surface area contributed by atoms with E-state index in [0.29, 0.717) is 17.4 Å². The number of phosphoric acid groups is 1. The van der Waals surface area contributed by atoms with Crippen LogP contribution in [-0.2, 0) is 32.7 Å². The van der Waals surface area contributed by atoms with Gasteiger partial charge in [0.05, 0.1) is 27.7 Å². The molecule has 1 N–H and O–H groups in total. The highest BCUT2D eigenvalue weighted by Gasteiger charge is 2.27. The summed E-state index contributed by atoms with van der Waals surface area (Å²) in [6.45, 7) is 4.39. The van der Waals surface area contributed by atoms with Gasteiger partial charge in [-0.15, -0.1) is 0 Å². The Hall–Kier alpha value is -2.29. The lowest BCUT2D eigenvalue weighted by atomic mass is 10.0. The molecule has 2 unspecified atom stereocenters. The zero-order chi connectivity index (χ0) is 49.9. The molecule has 68 heavy (non-hydrogen) atoms. The summed E-state index contributed by atoms with van der Waals surface area (Å²) in [5.41, 5.74) is 0. The SMILES string of the molecule is CCCCC/C=C\C/C=C\C/C=C\CCCCCCCCC(=O)OC(COC(=O)CCCCCCCCCCCCCCC/C=C\C/C=C\CCCCCCC)COP(=O)(O)OCC[N+](C)(C)C. The molecule has 0 spiro atoms. The second-order valence-corrected chi connectivity index (χ2v) is 21.4. The maximum absolute atomic E-state index is 12.8. The molecule has 0 saturated carbocycles. The van der Waals surface area contributed by atoms with E-state index in [4.69, 9.17) is 18.5 Å². The predicted molar refractivity (Wildman–Crippen MR) is 289 cm³/mol. The van der Waals surface area contributed by atoms with Crippen molar-refractivity contribution in [2.24, 2.45) is 0 Å². The molecule has 0 aliphatic heterocycles. The fraction of sp³-hybridized carbons (Fsp3) is 0.793. The van der Waals surface area contributed by atoms with Crippen molar-refractivity contribution >= 4 is 19.8 Å². The molecule has 9 nitrogen and oxygen atoms in total. The normalized spacial score (nSPS) is 13.8. The van der Waals surface area contributed by atoms with E-state index in [1.807, 2.05) is 21.1 Å². The maximum atomic E-state index is 12.8. The highest BCUT2D eigenvalue weighted by molar-refractivity contribution is 7.47. The van der Waals surface area contributed by atoms with Crippen molar-refractivity contribution in [2.45, 2.75) is 251 Å². The second kappa shape index (κ2) is 49.7. The van der Waals surface area contributed by atoms with Crippen LogP contribution in [0.1, 0.15) is 245 Å². The topological polar surface area (TPSA) is 108 Å². The number of rotatable bonds is 51. The highest BCUT2D eigenvalue weighted by Crippen LogP contribution is 2.43. The Bertz CT molecular complexity index is 1340. The number of carbonyl (C=O) groups is 2. The molecule has 0 bridgehead atoms. The molecule has 10 heteroatoms. The van der Waals surface area contributed by atoms with Gasteiger partial charge in [0.2, 0.25) is 0 Å². The summed E-state index contributed by atoms with van der Waals surface area (Å²) in [7, 11) is 1.47. The third-order valence-corrected chi connectivity index (χ3v) is 13.0. The monoisotopic (exact) mass is 977 g/mol. The predicted octanol–water partition coefficient (Wildman–Crippen LogP) is 17.1. The van der Waals surface area contributed by atoms with E-state index in [9.17, 15) is 19.0 Å². The molecular weight excluding hydrogens is 870 g/mol. The number of likely N-dealkylation sites (N-methyl/N-ethyl adjacent to an activating group) is 1. The molecule has 0 fully saturated rings. The number of unbranched alkanes of at least 4 members (excludes halogenated alkanes) is 27. The van der Waals surface area contributed by atoms with Gasteiger partial charge in [-0.2, -0.15) is 0 Å². The molecule has 0 amide bonds. The van der Waals surface area contributed by atoms with E-state index >= 15 is 0 Å². The lowest BCUT2D eigenvalue weighted by Crippen LogP contribution is -2.37. The van der Waals surface area contributed by atoms with E-state index < -0.39 is 26.5 Å². The van der Waals surface area contributed by atoms with E-state index in [1.54, 1.807) is 0 Å². The fourth-order valence-corrected chi connectivity index (χ4v) is 8.38. The Morgan fingerprint density at radius 2 is 0.794 bits per heavy atom. The first-order valence-electron chi connectivity index (χ1n) is 28.0. The smallest absolute Gasteiger partial charge is 0.462 e. The van der Waals surface area contributed by atoms with Gasteiger partial charge in [0.1, 0.15) is 19.8 Å². The molecule has 0 heterocycles. The molecule has 0 rings (SSSR count). The van der Waals surface area contributed by atoms with Crippen molar-refractivity contribution in [3.05, 3.63) is 60.8 Å². The van der Waals surface area contributed by atoms with Gasteiger partial charge < -0.3 is 18.9 Å². The number of hydrogen-bond acceptors (Lipinski definition) is 7. The lowest BCUT2D eigenvalue weighted by Gasteiger charge is -2.24. The van der Waals surface area contributed by atoms with Crippen LogP contribution >= 0.6 is 7.82 Å². The molecule has 0 aliphatic rings. The number of nitrogens with zero attached hydrogens (tertiary/aromatic N) is 1.